The largest absolute Gasteiger partial charge is 0.492 e. The van der Waals surface area contributed by atoms with Crippen molar-refractivity contribution in [1.82, 2.24) is 9.97 Å². The van der Waals surface area contributed by atoms with Gasteiger partial charge in [0.25, 0.3) is 0 Å². The van der Waals surface area contributed by atoms with Gasteiger partial charge in [-0.05, 0) is 12.1 Å². The molecule has 0 aliphatic rings. The number of carbonyl (C=O) groups is 1. The van der Waals surface area contributed by atoms with Crippen LogP contribution in [0.3, 0.4) is 0 Å². The van der Waals surface area contributed by atoms with Crippen LogP contribution in [-0.4, -0.2) is 34.7 Å². The number of anilines is 1. The first kappa shape index (κ1) is 15.1. The molecule has 2 N–H and O–H groups in total. The van der Waals surface area contributed by atoms with Crippen molar-refractivity contribution in [2.45, 2.75) is 6.42 Å². The number of benzene rings is 1. The van der Waals surface area contributed by atoms with Crippen LogP contribution < -0.4 is 10.1 Å². The summed E-state index contributed by atoms with van der Waals surface area (Å²) < 4.78 is 5.53. The molecule has 1 aromatic carbocycles. The van der Waals surface area contributed by atoms with E-state index in [0.717, 1.165) is 0 Å². The lowest BCUT2D eigenvalue weighted by Crippen LogP contribution is -2.11. The van der Waals surface area contributed by atoms with Gasteiger partial charge in [-0.1, -0.05) is 23.7 Å². The molecule has 0 unspecified atom stereocenters. The van der Waals surface area contributed by atoms with Crippen molar-refractivity contribution >= 4 is 23.4 Å². The number of ether oxygens (including phenoxy) is 1. The van der Waals surface area contributed by atoms with E-state index in [4.69, 9.17) is 21.4 Å². The van der Waals surface area contributed by atoms with E-state index in [0.29, 0.717) is 35.4 Å². The molecule has 2 aromatic rings. The summed E-state index contributed by atoms with van der Waals surface area (Å²) in [5.74, 6) is 0.325. The Balaban J connectivity index is 2.04. The second-order valence-electron chi connectivity index (χ2n) is 4.14. The van der Waals surface area contributed by atoms with Gasteiger partial charge in [-0.25, -0.2) is 14.8 Å². The molecular formula is C14H14ClN3O3. The highest BCUT2D eigenvalue weighted by molar-refractivity contribution is 6.32. The average Bonchev–Trinajstić information content (AvgIpc) is 2.49. The molecule has 21 heavy (non-hydrogen) atoms. The molecule has 110 valence electrons. The molecule has 0 saturated carbocycles. The highest BCUT2D eigenvalue weighted by Crippen LogP contribution is 2.23. The van der Waals surface area contributed by atoms with Crippen LogP contribution in [0.1, 0.15) is 16.3 Å². The van der Waals surface area contributed by atoms with E-state index in [1.54, 1.807) is 19.2 Å². The lowest BCUT2D eigenvalue weighted by Gasteiger charge is -2.08. The Labute approximate surface area is 126 Å². The van der Waals surface area contributed by atoms with Crippen LogP contribution in [0.2, 0.25) is 5.02 Å². The number of nitrogens with zero attached hydrogens (tertiary/aromatic N) is 2. The van der Waals surface area contributed by atoms with Gasteiger partial charge in [0.05, 0.1) is 11.6 Å². The van der Waals surface area contributed by atoms with Gasteiger partial charge in [0.15, 0.2) is 5.69 Å². The Hall–Kier alpha value is -2.34. The van der Waals surface area contributed by atoms with Gasteiger partial charge < -0.3 is 15.2 Å². The molecule has 0 saturated heterocycles. The summed E-state index contributed by atoms with van der Waals surface area (Å²) in [7, 11) is 1.66. The molecule has 6 nitrogen and oxygen atoms in total. The zero-order chi connectivity index (χ0) is 15.2. The second kappa shape index (κ2) is 6.90. The predicted octanol–water partition coefficient (Wildman–Crippen LogP) is 2.49. The standard InChI is InChI=1S/C14H14ClN3O3/c1-16-13-8-10(14(19)20)17-12(18-13)6-7-21-11-5-3-2-4-9(11)15/h2-5,8H,6-7H2,1H3,(H,19,20)(H,16,17,18). The minimum atomic E-state index is -1.10. The Bertz CT molecular complexity index is 649. The van der Waals surface area contributed by atoms with Crippen molar-refractivity contribution in [2.24, 2.45) is 0 Å². The third-order valence-electron chi connectivity index (χ3n) is 2.67. The lowest BCUT2D eigenvalue weighted by molar-refractivity contribution is 0.0690. The van der Waals surface area contributed by atoms with Gasteiger partial charge in [-0.15, -0.1) is 0 Å². The van der Waals surface area contributed by atoms with Crippen molar-refractivity contribution in [3.63, 3.8) is 0 Å². The van der Waals surface area contributed by atoms with Gasteiger partial charge in [0.1, 0.15) is 17.4 Å². The zero-order valence-corrected chi connectivity index (χ0v) is 12.1. The number of halogens is 1. The van der Waals surface area contributed by atoms with Crippen molar-refractivity contribution in [2.75, 3.05) is 19.0 Å². The Morgan fingerprint density at radius 2 is 2.14 bits per heavy atom. The number of hydrogen-bond acceptors (Lipinski definition) is 5. The normalized spacial score (nSPS) is 10.2. The number of carboxylic acid groups (broad SMARTS) is 1. The highest BCUT2D eigenvalue weighted by Gasteiger charge is 2.10. The van der Waals surface area contributed by atoms with Crippen molar-refractivity contribution in [3.05, 3.63) is 46.9 Å². The SMILES string of the molecule is CNc1cc(C(=O)O)nc(CCOc2ccccc2Cl)n1. The van der Waals surface area contributed by atoms with Crippen molar-refractivity contribution < 1.29 is 14.6 Å². The summed E-state index contributed by atoms with van der Waals surface area (Å²) >= 11 is 5.98. The van der Waals surface area contributed by atoms with Crippen LogP contribution in [0.5, 0.6) is 5.75 Å². The number of hydrogen-bond donors (Lipinski definition) is 2. The summed E-state index contributed by atoms with van der Waals surface area (Å²) in [6.45, 7) is 0.302. The van der Waals surface area contributed by atoms with Crippen LogP contribution >= 0.6 is 11.6 Å². The minimum absolute atomic E-state index is 0.0536. The number of rotatable bonds is 6. The first-order valence-electron chi connectivity index (χ1n) is 6.26. The average molecular weight is 308 g/mol. The number of nitrogens with one attached hydrogen (secondary N) is 1. The predicted molar refractivity (Wildman–Crippen MR) is 79.2 cm³/mol. The molecule has 2 rings (SSSR count). The maximum Gasteiger partial charge on any atom is 0.354 e. The second-order valence-corrected chi connectivity index (χ2v) is 4.55. The Kier molecular flexibility index (Phi) is 4.94. The molecule has 1 heterocycles. The van der Waals surface area contributed by atoms with Crippen LogP contribution in [0, 0.1) is 0 Å². The summed E-state index contributed by atoms with van der Waals surface area (Å²) in [6.07, 6.45) is 0.376. The summed E-state index contributed by atoms with van der Waals surface area (Å²) in [4.78, 5) is 19.2. The zero-order valence-electron chi connectivity index (χ0n) is 11.3. The summed E-state index contributed by atoms with van der Waals surface area (Å²) in [5, 5.41) is 12.3. The Morgan fingerprint density at radius 3 is 2.81 bits per heavy atom. The maximum atomic E-state index is 11.0. The van der Waals surface area contributed by atoms with Gasteiger partial charge in [0, 0.05) is 19.5 Å². The van der Waals surface area contributed by atoms with Crippen molar-refractivity contribution in [3.8, 4) is 5.75 Å². The molecule has 0 amide bonds. The fourth-order valence-electron chi connectivity index (χ4n) is 1.66. The molecular weight excluding hydrogens is 294 g/mol. The van der Waals surface area contributed by atoms with Crippen molar-refractivity contribution in [1.29, 1.82) is 0 Å². The number of aromatic carboxylic acids is 1. The minimum Gasteiger partial charge on any atom is -0.492 e. The molecule has 0 atom stereocenters. The van der Waals surface area contributed by atoms with E-state index in [-0.39, 0.29) is 5.69 Å². The van der Waals surface area contributed by atoms with Gasteiger partial charge >= 0.3 is 5.97 Å². The van der Waals surface area contributed by atoms with E-state index in [1.807, 2.05) is 12.1 Å². The Morgan fingerprint density at radius 1 is 1.38 bits per heavy atom. The first-order chi connectivity index (χ1) is 10.1. The fourth-order valence-corrected chi connectivity index (χ4v) is 1.85. The van der Waals surface area contributed by atoms with Crippen LogP contribution in [0.25, 0.3) is 0 Å². The number of aromatic nitrogens is 2. The molecule has 1 aromatic heterocycles. The summed E-state index contributed by atoms with van der Waals surface area (Å²) in [6, 6.07) is 8.50. The third kappa shape index (κ3) is 4.06. The third-order valence-corrected chi connectivity index (χ3v) is 2.98. The number of para-hydroxylation sites is 1. The monoisotopic (exact) mass is 307 g/mol. The van der Waals surface area contributed by atoms with Gasteiger partial charge in [-0.3, -0.25) is 0 Å². The van der Waals surface area contributed by atoms with E-state index < -0.39 is 5.97 Å². The fraction of sp³-hybridized carbons (Fsp3) is 0.214. The molecule has 7 heteroatoms. The van der Waals surface area contributed by atoms with Gasteiger partial charge in [-0.2, -0.15) is 0 Å². The first-order valence-corrected chi connectivity index (χ1v) is 6.64. The van der Waals surface area contributed by atoms with E-state index in [2.05, 4.69) is 15.3 Å². The quantitative estimate of drug-likeness (QED) is 0.853. The van der Waals surface area contributed by atoms with E-state index in [1.165, 1.54) is 6.07 Å². The summed E-state index contributed by atoms with van der Waals surface area (Å²) in [5.41, 5.74) is -0.0536. The molecule has 0 bridgehead atoms. The van der Waals surface area contributed by atoms with E-state index in [9.17, 15) is 4.79 Å². The van der Waals surface area contributed by atoms with Crippen LogP contribution in [0.4, 0.5) is 5.82 Å². The topological polar surface area (TPSA) is 84.3 Å². The van der Waals surface area contributed by atoms with Gasteiger partial charge in [0.2, 0.25) is 0 Å². The van der Waals surface area contributed by atoms with Crippen LogP contribution in [0.15, 0.2) is 30.3 Å². The smallest absolute Gasteiger partial charge is 0.354 e. The molecule has 0 aliphatic heterocycles. The molecule has 0 spiro atoms. The molecule has 0 radical (unpaired) electrons. The molecule has 0 aliphatic carbocycles. The molecule has 0 fully saturated rings. The maximum absolute atomic E-state index is 11.0. The highest BCUT2D eigenvalue weighted by atomic mass is 35.5. The lowest BCUT2D eigenvalue weighted by atomic mass is 10.3. The van der Waals surface area contributed by atoms with E-state index >= 15 is 0 Å². The number of carboxylic acids is 1. The van der Waals surface area contributed by atoms with Crippen LogP contribution in [-0.2, 0) is 6.42 Å².